The highest BCUT2D eigenvalue weighted by molar-refractivity contribution is 5.89. The van der Waals surface area contributed by atoms with Crippen LogP contribution in [0.25, 0.3) is 0 Å². The number of ketones is 2. The molecule has 0 aliphatic heterocycles. The third kappa shape index (κ3) is 8.08. The van der Waals surface area contributed by atoms with Gasteiger partial charge in [0.1, 0.15) is 5.78 Å². The highest BCUT2D eigenvalue weighted by atomic mass is 16.2. The van der Waals surface area contributed by atoms with Crippen molar-refractivity contribution in [3.63, 3.8) is 0 Å². The van der Waals surface area contributed by atoms with Crippen molar-refractivity contribution in [3.8, 4) is 0 Å². The molecule has 4 heteroatoms. The Kier molecular flexibility index (Phi) is 7.11. The van der Waals surface area contributed by atoms with E-state index in [0.29, 0.717) is 19.3 Å². The number of nitrogens with one attached hydrogen (secondary N) is 1. The number of hydrogen-bond acceptors (Lipinski definition) is 3. The molecule has 1 amide bonds. The van der Waals surface area contributed by atoms with Crippen molar-refractivity contribution in [2.24, 2.45) is 10.8 Å². The maximum atomic E-state index is 11.7. The van der Waals surface area contributed by atoms with Crippen LogP contribution >= 0.6 is 0 Å². The molecule has 0 aliphatic carbocycles. The molecule has 1 N–H and O–H groups in total. The van der Waals surface area contributed by atoms with Crippen LogP contribution in [0.4, 0.5) is 0 Å². The lowest BCUT2D eigenvalue weighted by Crippen LogP contribution is -2.35. The smallest absolute Gasteiger partial charge is 0.220 e. The van der Waals surface area contributed by atoms with Gasteiger partial charge in [-0.1, -0.05) is 41.5 Å². The van der Waals surface area contributed by atoms with E-state index in [-0.39, 0.29) is 29.4 Å². The van der Waals surface area contributed by atoms with Crippen molar-refractivity contribution in [1.29, 1.82) is 0 Å². The Bertz CT molecular complexity index is 359. The quantitative estimate of drug-likeness (QED) is 0.731. The van der Waals surface area contributed by atoms with Crippen LogP contribution in [0.2, 0.25) is 0 Å². The van der Waals surface area contributed by atoms with E-state index in [1.54, 1.807) is 0 Å². The number of Topliss-reactive ketones (excluding diaryl/α,β-unsaturated/α-hetero) is 2. The van der Waals surface area contributed by atoms with Crippen LogP contribution in [-0.2, 0) is 14.4 Å². The third-order valence-corrected chi connectivity index (χ3v) is 3.18. The number of unbranched alkanes of at least 4 members (excludes halogenated alkanes) is 1. The van der Waals surface area contributed by atoms with Gasteiger partial charge in [0.25, 0.3) is 0 Å². The zero-order chi connectivity index (χ0) is 16.0. The molecular formula is C16H29NO3. The summed E-state index contributed by atoms with van der Waals surface area (Å²) in [4.78, 5) is 34.9. The molecule has 0 saturated heterocycles. The molecule has 0 fully saturated rings. The molecule has 20 heavy (non-hydrogen) atoms. The van der Waals surface area contributed by atoms with Gasteiger partial charge in [0.2, 0.25) is 5.91 Å². The van der Waals surface area contributed by atoms with Gasteiger partial charge in [-0.25, -0.2) is 0 Å². The minimum atomic E-state index is -0.424. The van der Waals surface area contributed by atoms with Gasteiger partial charge in [0.15, 0.2) is 5.78 Å². The molecule has 4 nitrogen and oxygen atoms in total. The first-order chi connectivity index (χ1) is 8.94. The number of carbonyl (C=O) groups is 3. The first kappa shape index (κ1) is 18.8. The predicted molar refractivity (Wildman–Crippen MR) is 80.4 cm³/mol. The van der Waals surface area contributed by atoms with E-state index in [4.69, 9.17) is 0 Å². The summed E-state index contributed by atoms with van der Waals surface area (Å²) < 4.78 is 0. The lowest BCUT2D eigenvalue weighted by Gasteiger charge is -2.17. The third-order valence-electron chi connectivity index (χ3n) is 3.18. The van der Waals surface area contributed by atoms with E-state index in [9.17, 15) is 14.4 Å². The van der Waals surface area contributed by atoms with Gasteiger partial charge in [-0.15, -0.1) is 0 Å². The number of amides is 1. The Labute approximate surface area is 122 Å². The summed E-state index contributed by atoms with van der Waals surface area (Å²) in [5, 5.41) is 2.63. The molecule has 0 heterocycles. The van der Waals surface area contributed by atoms with E-state index < -0.39 is 5.41 Å². The molecule has 0 aromatic rings. The predicted octanol–water partition coefficient (Wildman–Crippen LogP) is 2.89. The van der Waals surface area contributed by atoms with E-state index in [1.807, 2.05) is 41.5 Å². The van der Waals surface area contributed by atoms with Crippen molar-refractivity contribution in [1.82, 2.24) is 5.32 Å². The average molecular weight is 283 g/mol. The molecule has 0 spiro atoms. The average Bonchev–Trinajstić information content (AvgIpc) is 2.28. The fourth-order valence-corrected chi connectivity index (χ4v) is 1.48. The second-order valence-corrected chi connectivity index (χ2v) is 7.33. The van der Waals surface area contributed by atoms with Gasteiger partial charge >= 0.3 is 0 Å². The second kappa shape index (κ2) is 7.55. The van der Waals surface area contributed by atoms with Crippen LogP contribution in [-0.4, -0.2) is 24.0 Å². The van der Waals surface area contributed by atoms with Crippen LogP contribution in [0.15, 0.2) is 0 Å². The minimum Gasteiger partial charge on any atom is -0.349 e. The summed E-state index contributed by atoms with van der Waals surface area (Å²) >= 11 is 0. The van der Waals surface area contributed by atoms with Crippen molar-refractivity contribution in [2.75, 3.05) is 6.54 Å². The van der Waals surface area contributed by atoms with Gasteiger partial charge in [0, 0.05) is 23.7 Å². The highest BCUT2D eigenvalue weighted by Crippen LogP contribution is 2.18. The van der Waals surface area contributed by atoms with Gasteiger partial charge in [-0.3, -0.25) is 14.4 Å². The van der Waals surface area contributed by atoms with Gasteiger partial charge in [0.05, 0.1) is 6.54 Å². The monoisotopic (exact) mass is 283 g/mol. The summed E-state index contributed by atoms with van der Waals surface area (Å²) in [5.74, 6) is 0.125. The van der Waals surface area contributed by atoms with Crippen LogP contribution in [0.3, 0.4) is 0 Å². The van der Waals surface area contributed by atoms with Crippen molar-refractivity contribution >= 4 is 17.5 Å². The normalized spacial score (nSPS) is 12.1. The minimum absolute atomic E-state index is 0.0220. The molecule has 0 aromatic heterocycles. The lowest BCUT2D eigenvalue weighted by atomic mass is 9.88. The molecule has 0 saturated carbocycles. The van der Waals surface area contributed by atoms with Crippen LogP contribution in [0, 0.1) is 10.8 Å². The Morgan fingerprint density at radius 1 is 0.750 bits per heavy atom. The number of carbonyl (C=O) groups excluding carboxylic acids is 3. The lowest BCUT2D eigenvalue weighted by molar-refractivity contribution is -0.129. The summed E-state index contributed by atoms with van der Waals surface area (Å²) in [6.45, 7) is 11.3. The Morgan fingerprint density at radius 2 is 1.20 bits per heavy atom. The molecule has 0 bridgehead atoms. The summed E-state index contributed by atoms with van der Waals surface area (Å²) in [6, 6.07) is 0. The van der Waals surface area contributed by atoms with E-state index in [0.717, 1.165) is 6.42 Å². The fraction of sp³-hybridized carbons (Fsp3) is 0.812. The first-order valence-electron chi connectivity index (χ1n) is 7.28. The van der Waals surface area contributed by atoms with Crippen LogP contribution in [0.5, 0.6) is 0 Å². The van der Waals surface area contributed by atoms with Crippen LogP contribution in [0.1, 0.15) is 67.2 Å². The number of hydrogen-bond donors (Lipinski definition) is 1. The van der Waals surface area contributed by atoms with Gasteiger partial charge < -0.3 is 5.32 Å². The van der Waals surface area contributed by atoms with Crippen LogP contribution < -0.4 is 5.32 Å². The zero-order valence-electron chi connectivity index (χ0n) is 13.8. The van der Waals surface area contributed by atoms with Crippen molar-refractivity contribution in [3.05, 3.63) is 0 Å². The summed E-state index contributed by atoms with van der Waals surface area (Å²) in [6.07, 6.45) is 2.28. The molecule has 116 valence electrons. The summed E-state index contributed by atoms with van der Waals surface area (Å²) in [5.41, 5.74) is -0.728. The molecule has 0 unspecified atom stereocenters. The Hall–Kier alpha value is -1.19. The van der Waals surface area contributed by atoms with Gasteiger partial charge in [-0.05, 0) is 12.8 Å². The van der Waals surface area contributed by atoms with Crippen molar-refractivity contribution in [2.45, 2.75) is 67.2 Å². The van der Waals surface area contributed by atoms with Crippen molar-refractivity contribution < 1.29 is 14.4 Å². The van der Waals surface area contributed by atoms with E-state index >= 15 is 0 Å². The van der Waals surface area contributed by atoms with E-state index in [1.165, 1.54) is 0 Å². The molecule has 0 aromatic carbocycles. The SMILES string of the molecule is CC(C)(C)C(=O)CCCCC(=O)NCC(=O)C(C)(C)C. The molecule has 0 atom stereocenters. The number of rotatable bonds is 7. The Morgan fingerprint density at radius 3 is 1.65 bits per heavy atom. The molecule has 0 rings (SSSR count). The topological polar surface area (TPSA) is 63.2 Å². The first-order valence-corrected chi connectivity index (χ1v) is 7.28. The van der Waals surface area contributed by atoms with E-state index in [2.05, 4.69) is 5.32 Å². The Balaban J connectivity index is 3.81. The molecular weight excluding hydrogens is 254 g/mol. The largest absolute Gasteiger partial charge is 0.349 e. The summed E-state index contributed by atoms with van der Waals surface area (Å²) in [7, 11) is 0. The highest BCUT2D eigenvalue weighted by Gasteiger charge is 2.22. The molecule has 0 aliphatic rings. The zero-order valence-corrected chi connectivity index (χ0v) is 13.8. The standard InChI is InChI=1S/C16H29NO3/c1-15(2,3)12(18)9-7-8-10-14(20)17-11-13(19)16(4,5)6/h7-11H2,1-6H3,(H,17,20). The second-order valence-electron chi connectivity index (χ2n) is 7.33. The van der Waals surface area contributed by atoms with Gasteiger partial charge in [-0.2, -0.15) is 0 Å². The maximum Gasteiger partial charge on any atom is 0.220 e. The fourth-order valence-electron chi connectivity index (χ4n) is 1.48. The maximum absolute atomic E-state index is 11.7. The molecule has 0 radical (unpaired) electrons.